The van der Waals surface area contributed by atoms with Gasteiger partial charge in [0.15, 0.2) is 0 Å². The Kier molecular flexibility index (Phi) is 4.54. The second-order valence-corrected chi connectivity index (χ2v) is 7.97. The molecule has 0 saturated carbocycles. The van der Waals surface area contributed by atoms with E-state index in [-0.39, 0.29) is 29.1 Å². The Labute approximate surface area is 165 Å². The number of benzene rings is 1. The summed E-state index contributed by atoms with van der Waals surface area (Å²) in [7, 11) is 0. The number of carbonyl (C=O) groups excluding carboxylic acids is 3. The van der Waals surface area contributed by atoms with Gasteiger partial charge < -0.3 is 15.2 Å². The molecule has 2 aliphatic heterocycles. The lowest BCUT2D eigenvalue weighted by molar-refractivity contribution is -0.123. The smallest absolute Gasteiger partial charge is 0.304 e. The van der Waals surface area contributed by atoms with Crippen LogP contribution in [0.4, 0.5) is 5.69 Å². The lowest BCUT2D eigenvalue weighted by Gasteiger charge is -2.48. The van der Waals surface area contributed by atoms with Gasteiger partial charge in [0, 0.05) is 30.5 Å². The first kappa shape index (κ1) is 18.4. The van der Waals surface area contributed by atoms with E-state index >= 15 is 0 Å². The number of hydrogen-bond acceptors (Lipinski definition) is 5. The first-order valence-electron chi connectivity index (χ1n) is 9.07. The second kappa shape index (κ2) is 6.90. The number of H-pyrrole nitrogens is 1. The van der Waals surface area contributed by atoms with Crippen molar-refractivity contribution >= 4 is 34.7 Å². The van der Waals surface area contributed by atoms with Crippen molar-refractivity contribution in [2.24, 2.45) is 0 Å². The third-order valence-corrected chi connectivity index (χ3v) is 6.05. The molecule has 8 nitrogen and oxygen atoms in total. The molecule has 1 unspecified atom stereocenters. The number of carbonyl (C=O) groups is 3. The van der Waals surface area contributed by atoms with Crippen molar-refractivity contribution in [2.45, 2.75) is 31.8 Å². The largest absolute Gasteiger partial charge is 0.354 e. The predicted octanol–water partition coefficient (Wildman–Crippen LogP) is 1.09. The number of thiazole rings is 1. The van der Waals surface area contributed by atoms with Crippen LogP contribution in [-0.4, -0.2) is 46.4 Å². The Balaban J connectivity index is 1.50. The lowest BCUT2D eigenvalue weighted by Crippen LogP contribution is -2.63. The monoisotopic (exact) mass is 400 g/mol. The minimum absolute atomic E-state index is 0.0470. The number of aromatic nitrogens is 1. The second-order valence-electron chi connectivity index (χ2n) is 7.13. The minimum Gasteiger partial charge on any atom is -0.354 e. The highest BCUT2D eigenvalue weighted by Gasteiger charge is 2.53. The molecule has 1 saturated heterocycles. The first-order chi connectivity index (χ1) is 13.4. The van der Waals surface area contributed by atoms with Gasteiger partial charge >= 0.3 is 4.87 Å². The highest BCUT2D eigenvalue weighted by molar-refractivity contribution is 7.07. The van der Waals surface area contributed by atoms with E-state index in [4.69, 9.17) is 0 Å². The number of hydrogen-bond donors (Lipinski definition) is 2. The number of nitrogens with one attached hydrogen (secondary N) is 2. The number of nitrogens with zero attached hydrogens (tertiary/aromatic N) is 2. The van der Waals surface area contributed by atoms with Crippen LogP contribution in [0.3, 0.4) is 0 Å². The number of anilines is 1. The Morgan fingerprint density at radius 3 is 2.82 bits per heavy atom. The van der Waals surface area contributed by atoms with Crippen LogP contribution in [0.15, 0.2) is 34.4 Å². The molecule has 0 bridgehead atoms. The van der Waals surface area contributed by atoms with Crippen molar-refractivity contribution < 1.29 is 14.4 Å². The number of aromatic amines is 1. The Hall–Kier alpha value is -2.94. The van der Waals surface area contributed by atoms with Gasteiger partial charge in [-0.15, -0.1) is 0 Å². The Bertz CT molecular complexity index is 1010. The molecule has 2 aliphatic rings. The predicted molar refractivity (Wildman–Crippen MR) is 104 cm³/mol. The van der Waals surface area contributed by atoms with Gasteiger partial charge in [-0.2, -0.15) is 0 Å². The molecule has 2 N–H and O–H groups in total. The Morgan fingerprint density at radius 1 is 1.29 bits per heavy atom. The number of rotatable bonds is 5. The fourth-order valence-electron chi connectivity index (χ4n) is 3.91. The van der Waals surface area contributed by atoms with Gasteiger partial charge in [-0.25, -0.2) is 0 Å². The maximum Gasteiger partial charge on any atom is 0.304 e. The van der Waals surface area contributed by atoms with E-state index in [2.05, 4.69) is 10.3 Å². The summed E-state index contributed by atoms with van der Waals surface area (Å²) in [6.07, 6.45) is 1.32. The normalized spacial score (nSPS) is 20.9. The molecule has 2 aromatic rings. The van der Waals surface area contributed by atoms with Gasteiger partial charge in [-0.05, 0) is 25.5 Å². The summed E-state index contributed by atoms with van der Waals surface area (Å²) in [4.78, 5) is 54.9. The van der Waals surface area contributed by atoms with Gasteiger partial charge in [-0.1, -0.05) is 23.5 Å². The van der Waals surface area contributed by atoms with Crippen molar-refractivity contribution in [3.63, 3.8) is 0 Å². The molecule has 9 heteroatoms. The molecule has 0 aliphatic carbocycles. The van der Waals surface area contributed by atoms with Gasteiger partial charge in [0.2, 0.25) is 11.8 Å². The SMILES string of the molecule is CC12CCC(=O)N1c1ccccc1C(=O)N2CC(=O)NCCc1csc(=O)[nH]1. The Morgan fingerprint density at radius 2 is 2.07 bits per heavy atom. The van der Waals surface area contributed by atoms with Crippen LogP contribution in [0.25, 0.3) is 0 Å². The minimum atomic E-state index is -0.849. The van der Waals surface area contributed by atoms with E-state index in [1.807, 2.05) is 6.92 Å². The summed E-state index contributed by atoms with van der Waals surface area (Å²) < 4.78 is 0. The fourth-order valence-corrected chi connectivity index (χ4v) is 4.53. The van der Waals surface area contributed by atoms with Crippen LogP contribution in [-0.2, 0) is 16.0 Å². The molecule has 1 fully saturated rings. The van der Waals surface area contributed by atoms with E-state index in [0.717, 1.165) is 17.0 Å². The van der Waals surface area contributed by atoms with Crippen LogP contribution in [0, 0.1) is 0 Å². The third-order valence-electron chi connectivity index (χ3n) is 5.33. The topological polar surface area (TPSA) is 103 Å². The maximum absolute atomic E-state index is 13.1. The number of para-hydroxylation sites is 1. The summed E-state index contributed by atoms with van der Waals surface area (Å²) in [5.74, 6) is -0.596. The average Bonchev–Trinajstić information content (AvgIpc) is 3.22. The van der Waals surface area contributed by atoms with Gasteiger partial charge in [0.05, 0.1) is 11.3 Å². The van der Waals surface area contributed by atoms with Crippen molar-refractivity contribution in [3.8, 4) is 0 Å². The molecule has 146 valence electrons. The highest BCUT2D eigenvalue weighted by Crippen LogP contribution is 2.43. The summed E-state index contributed by atoms with van der Waals surface area (Å²) >= 11 is 1.08. The van der Waals surface area contributed by atoms with E-state index in [1.165, 1.54) is 4.90 Å². The first-order valence-corrected chi connectivity index (χ1v) is 9.95. The molecule has 3 amide bonds. The van der Waals surface area contributed by atoms with E-state index in [0.29, 0.717) is 37.1 Å². The van der Waals surface area contributed by atoms with Crippen molar-refractivity contribution in [1.82, 2.24) is 15.2 Å². The van der Waals surface area contributed by atoms with Crippen LogP contribution in [0.5, 0.6) is 0 Å². The molecule has 3 heterocycles. The number of amides is 3. The summed E-state index contributed by atoms with van der Waals surface area (Å²) in [6, 6.07) is 7.00. The molecule has 4 rings (SSSR count). The molecular formula is C19H20N4O4S. The third kappa shape index (κ3) is 3.01. The van der Waals surface area contributed by atoms with Crippen LogP contribution >= 0.6 is 11.3 Å². The molecule has 1 aromatic carbocycles. The van der Waals surface area contributed by atoms with Crippen LogP contribution in [0.1, 0.15) is 35.8 Å². The van der Waals surface area contributed by atoms with E-state index in [9.17, 15) is 19.2 Å². The van der Waals surface area contributed by atoms with Crippen LogP contribution < -0.4 is 15.1 Å². The van der Waals surface area contributed by atoms with Gasteiger partial charge in [-0.3, -0.25) is 24.1 Å². The van der Waals surface area contributed by atoms with Crippen molar-refractivity contribution in [2.75, 3.05) is 18.0 Å². The molecular weight excluding hydrogens is 380 g/mol. The molecule has 0 spiro atoms. The zero-order valence-corrected chi connectivity index (χ0v) is 16.2. The average molecular weight is 400 g/mol. The van der Waals surface area contributed by atoms with E-state index in [1.54, 1.807) is 34.5 Å². The maximum atomic E-state index is 13.1. The summed E-state index contributed by atoms with van der Waals surface area (Å²) in [5, 5.41) is 4.51. The van der Waals surface area contributed by atoms with Gasteiger partial charge in [0.25, 0.3) is 5.91 Å². The quantitative estimate of drug-likeness (QED) is 0.784. The zero-order valence-electron chi connectivity index (χ0n) is 15.4. The molecule has 1 aromatic heterocycles. The zero-order chi connectivity index (χ0) is 19.9. The summed E-state index contributed by atoms with van der Waals surface area (Å²) in [5.41, 5.74) is 0.950. The fraction of sp³-hybridized carbons (Fsp3) is 0.368. The molecule has 28 heavy (non-hydrogen) atoms. The number of fused-ring (bicyclic) bond motifs is 3. The highest BCUT2D eigenvalue weighted by atomic mass is 32.1. The van der Waals surface area contributed by atoms with Gasteiger partial charge in [0.1, 0.15) is 12.2 Å². The standard InChI is InChI=1S/C19H20N4O4S/c1-19-8-6-16(25)23(19)14-5-3-2-4-13(14)17(26)22(19)10-15(24)20-9-7-12-11-28-18(27)21-12/h2-5,11H,6-10H2,1H3,(H,20,24)(H,21,27). The molecule has 1 atom stereocenters. The van der Waals surface area contributed by atoms with Crippen LogP contribution in [0.2, 0.25) is 0 Å². The summed E-state index contributed by atoms with van der Waals surface area (Å²) in [6.45, 7) is 2.05. The van der Waals surface area contributed by atoms with Crippen molar-refractivity contribution in [3.05, 3.63) is 50.6 Å². The van der Waals surface area contributed by atoms with Crippen molar-refractivity contribution in [1.29, 1.82) is 0 Å². The van der Waals surface area contributed by atoms with E-state index < -0.39 is 5.66 Å². The lowest BCUT2D eigenvalue weighted by atomic mass is 9.98. The molecule has 0 radical (unpaired) electrons.